The lowest BCUT2D eigenvalue weighted by atomic mass is 9.97. The van der Waals surface area contributed by atoms with E-state index in [0.717, 1.165) is 11.3 Å². The van der Waals surface area contributed by atoms with Gasteiger partial charge in [-0.3, -0.25) is 4.79 Å². The van der Waals surface area contributed by atoms with E-state index in [9.17, 15) is 4.79 Å². The summed E-state index contributed by atoms with van der Waals surface area (Å²) in [6.07, 6.45) is 0.868. The van der Waals surface area contributed by atoms with Gasteiger partial charge < -0.3 is 10.5 Å². The van der Waals surface area contributed by atoms with Crippen LogP contribution in [0.5, 0.6) is 5.75 Å². The molecule has 0 amide bonds. The van der Waals surface area contributed by atoms with Crippen molar-refractivity contribution in [3.05, 3.63) is 29.8 Å². The first-order valence-corrected chi connectivity index (χ1v) is 5.93. The van der Waals surface area contributed by atoms with E-state index in [1.807, 2.05) is 38.1 Å². The summed E-state index contributed by atoms with van der Waals surface area (Å²) in [6.45, 7) is 4.06. The van der Waals surface area contributed by atoms with Crippen LogP contribution in [0.2, 0.25) is 0 Å². The highest BCUT2D eigenvalue weighted by Crippen LogP contribution is 2.14. The van der Waals surface area contributed by atoms with Crippen molar-refractivity contribution in [3.8, 4) is 5.75 Å². The largest absolute Gasteiger partial charge is 0.497 e. The third-order valence-electron chi connectivity index (χ3n) is 2.86. The standard InChI is InChI=1S/C14H21NO2/c1-10(2)14(15)9-12(16)7-11-5-4-6-13(8-11)17-3/h4-6,8,10,14H,7,9,15H2,1-3H3. The molecule has 17 heavy (non-hydrogen) atoms. The second-order valence-electron chi connectivity index (χ2n) is 4.68. The van der Waals surface area contributed by atoms with Crippen molar-refractivity contribution >= 4 is 5.78 Å². The predicted molar refractivity (Wildman–Crippen MR) is 69.1 cm³/mol. The number of hydrogen-bond donors (Lipinski definition) is 1. The molecule has 1 aromatic carbocycles. The zero-order chi connectivity index (χ0) is 12.8. The van der Waals surface area contributed by atoms with Crippen LogP contribution in [0, 0.1) is 5.92 Å². The van der Waals surface area contributed by atoms with Gasteiger partial charge in [-0.1, -0.05) is 26.0 Å². The molecule has 0 aromatic heterocycles. The molecule has 0 bridgehead atoms. The van der Waals surface area contributed by atoms with Gasteiger partial charge in [-0.05, 0) is 23.6 Å². The van der Waals surface area contributed by atoms with Gasteiger partial charge in [0.1, 0.15) is 11.5 Å². The van der Waals surface area contributed by atoms with E-state index in [1.165, 1.54) is 0 Å². The maximum atomic E-state index is 11.8. The minimum absolute atomic E-state index is 0.0480. The second-order valence-corrected chi connectivity index (χ2v) is 4.68. The zero-order valence-electron chi connectivity index (χ0n) is 10.8. The molecule has 1 rings (SSSR count). The van der Waals surface area contributed by atoms with Crippen LogP contribution in [0.4, 0.5) is 0 Å². The lowest BCUT2D eigenvalue weighted by Gasteiger charge is -2.14. The Morgan fingerprint density at radius 2 is 2.12 bits per heavy atom. The van der Waals surface area contributed by atoms with E-state index in [-0.39, 0.29) is 11.8 Å². The van der Waals surface area contributed by atoms with Crippen molar-refractivity contribution in [2.75, 3.05) is 7.11 Å². The second kappa shape index (κ2) is 6.40. The highest BCUT2D eigenvalue weighted by atomic mass is 16.5. The molecule has 2 N–H and O–H groups in total. The lowest BCUT2D eigenvalue weighted by molar-refractivity contribution is -0.118. The molecule has 0 aliphatic carbocycles. The van der Waals surface area contributed by atoms with Gasteiger partial charge in [-0.2, -0.15) is 0 Å². The maximum absolute atomic E-state index is 11.8. The number of methoxy groups -OCH3 is 1. The average molecular weight is 235 g/mol. The molecule has 0 saturated carbocycles. The Bertz CT molecular complexity index is 374. The van der Waals surface area contributed by atoms with Crippen molar-refractivity contribution in [2.24, 2.45) is 11.7 Å². The van der Waals surface area contributed by atoms with Crippen LogP contribution in [-0.2, 0) is 11.2 Å². The van der Waals surface area contributed by atoms with Gasteiger partial charge in [0.25, 0.3) is 0 Å². The average Bonchev–Trinajstić information content (AvgIpc) is 2.28. The Morgan fingerprint density at radius 3 is 2.71 bits per heavy atom. The fraction of sp³-hybridized carbons (Fsp3) is 0.500. The fourth-order valence-electron chi connectivity index (χ4n) is 1.58. The lowest BCUT2D eigenvalue weighted by Crippen LogP contribution is -2.29. The Hall–Kier alpha value is -1.35. The van der Waals surface area contributed by atoms with Gasteiger partial charge in [0.2, 0.25) is 0 Å². The number of carbonyl (C=O) groups is 1. The number of carbonyl (C=O) groups excluding carboxylic acids is 1. The number of ketones is 1. The summed E-state index contributed by atoms with van der Waals surface area (Å²) >= 11 is 0. The fourth-order valence-corrected chi connectivity index (χ4v) is 1.58. The van der Waals surface area contributed by atoms with E-state index in [0.29, 0.717) is 18.8 Å². The van der Waals surface area contributed by atoms with Crippen LogP contribution in [0.1, 0.15) is 25.8 Å². The van der Waals surface area contributed by atoms with E-state index in [4.69, 9.17) is 10.5 Å². The van der Waals surface area contributed by atoms with Gasteiger partial charge >= 0.3 is 0 Å². The third-order valence-corrected chi connectivity index (χ3v) is 2.86. The summed E-state index contributed by atoms with van der Waals surface area (Å²) in [4.78, 5) is 11.8. The van der Waals surface area contributed by atoms with Crippen molar-refractivity contribution in [1.82, 2.24) is 0 Å². The van der Waals surface area contributed by atoms with E-state index < -0.39 is 0 Å². The topological polar surface area (TPSA) is 52.3 Å². The first-order valence-electron chi connectivity index (χ1n) is 5.93. The molecular formula is C14H21NO2. The van der Waals surface area contributed by atoms with Gasteiger partial charge in [-0.15, -0.1) is 0 Å². The molecular weight excluding hydrogens is 214 g/mol. The van der Waals surface area contributed by atoms with Crippen molar-refractivity contribution in [2.45, 2.75) is 32.7 Å². The van der Waals surface area contributed by atoms with Crippen LogP contribution in [0.25, 0.3) is 0 Å². The minimum Gasteiger partial charge on any atom is -0.497 e. The monoisotopic (exact) mass is 235 g/mol. The van der Waals surface area contributed by atoms with E-state index >= 15 is 0 Å². The quantitative estimate of drug-likeness (QED) is 0.822. The molecule has 0 spiro atoms. The Kier molecular flexibility index (Phi) is 5.16. The number of Topliss-reactive ketones (excluding diaryl/α,β-unsaturated/α-hetero) is 1. The first kappa shape index (κ1) is 13.7. The Morgan fingerprint density at radius 1 is 1.41 bits per heavy atom. The summed E-state index contributed by atoms with van der Waals surface area (Å²) in [5.74, 6) is 1.30. The van der Waals surface area contributed by atoms with Crippen LogP contribution in [0.3, 0.4) is 0 Å². The normalized spacial score (nSPS) is 12.5. The van der Waals surface area contributed by atoms with Crippen LogP contribution in [-0.4, -0.2) is 18.9 Å². The molecule has 3 heteroatoms. The molecule has 1 unspecified atom stereocenters. The van der Waals surface area contributed by atoms with Crippen LogP contribution >= 0.6 is 0 Å². The highest BCUT2D eigenvalue weighted by Gasteiger charge is 2.13. The molecule has 94 valence electrons. The van der Waals surface area contributed by atoms with E-state index in [1.54, 1.807) is 7.11 Å². The van der Waals surface area contributed by atoms with Crippen molar-refractivity contribution in [1.29, 1.82) is 0 Å². The predicted octanol–water partition coefficient (Wildman–Crippen LogP) is 2.18. The van der Waals surface area contributed by atoms with Crippen LogP contribution < -0.4 is 10.5 Å². The van der Waals surface area contributed by atoms with Crippen LogP contribution in [0.15, 0.2) is 24.3 Å². The number of ether oxygens (including phenoxy) is 1. The van der Waals surface area contributed by atoms with Gasteiger partial charge in [-0.25, -0.2) is 0 Å². The highest BCUT2D eigenvalue weighted by molar-refractivity contribution is 5.81. The van der Waals surface area contributed by atoms with Gasteiger partial charge in [0, 0.05) is 18.9 Å². The maximum Gasteiger partial charge on any atom is 0.138 e. The van der Waals surface area contributed by atoms with E-state index in [2.05, 4.69) is 0 Å². The molecule has 3 nitrogen and oxygen atoms in total. The number of benzene rings is 1. The molecule has 0 radical (unpaired) electrons. The SMILES string of the molecule is COc1cccc(CC(=O)CC(N)C(C)C)c1. The first-order chi connectivity index (χ1) is 8.02. The smallest absolute Gasteiger partial charge is 0.138 e. The molecule has 1 atom stereocenters. The Labute approximate surface area is 103 Å². The Balaban J connectivity index is 2.55. The van der Waals surface area contributed by atoms with Gasteiger partial charge in [0.05, 0.1) is 7.11 Å². The minimum atomic E-state index is -0.0480. The summed E-state index contributed by atoms with van der Waals surface area (Å²) in [7, 11) is 1.62. The summed E-state index contributed by atoms with van der Waals surface area (Å²) in [5, 5.41) is 0. The van der Waals surface area contributed by atoms with Crippen molar-refractivity contribution < 1.29 is 9.53 Å². The molecule has 0 heterocycles. The zero-order valence-corrected chi connectivity index (χ0v) is 10.8. The van der Waals surface area contributed by atoms with Gasteiger partial charge in [0.15, 0.2) is 0 Å². The summed E-state index contributed by atoms with van der Waals surface area (Å²) in [5.41, 5.74) is 6.86. The van der Waals surface area contributed by atoms with Crippen molar-refractivity contribution in [3.63, 3.8) is 0 Å². The number of rotatable bonds is 6. The molecule has 1 aromatic rings. The number of hydrogen-bond acceptors (Lipinski definition) is 3. The summed E-state index contributed by atoms with van der Waals surface area (Å²) < 4.78 is 5.12. The molecule has 0 saturated heterocycles. The molecule has 0 fully saturated rings. The number of nitrogens with two attached hydrogens (primary N) is 1. The summed E-state index contributed by atoms with van der Waals surface area (Å²) in [6, 6.07) is 7.53. The third kappa shape index (κ3) is 4.57. The molecule has 0 aliphatic heterocycles. The molecule has 0 aliphatic rings.